The standard InChI is InChI=1S/C6H3O2.3C4H9.Sn/c7-5-1-2-6(8)4-3-5;3*1-3-4-2;/h1-3H;3*1,3-4H2,2H3;. The zero-order chi connectivity index (χ0) is 15.7. The molecule has 0 unspecified atom stereocenters. The molecule has 21 heavy (non-hydrogen) atoms. The average Bonchev–Trinajstić information content (AvgIpc) is 2.49. The molecule has 0 aromatic rings. The third-order valence-electron chi connectivity index (χ3n) is 4.55. The Kier molecular flexibility index (Phi) is 8.53. The maximum atomic E-state index is 12.4. The molecule has 0 fully saturated rings. The first-order chi connectivity index (χ1) is 10.1. The summed E-state index contributed by atoms with van der Waals surface area (Å²) in [5.41, 5.74) is 0. The summed E-state index contributed by atoms with van der Waals surface area (Å²) in [6, 6.07) is 0. The molecule has 1 aliphatic carbocycles. The molecule has 0 heterocycles. The predicted octanol–water partition coefficient (Wildman–Crippen LogP) is 5.01. The van der Waals surface area contributed by atoms with Crippen LogP contribution in [0.1, 0.15) is 59.3 Å². The summed E-state index contributed by atoms with van der Waals surface area (Å²) in [6.07, 6.45) is 11.9. The molecule has 0 saturated carbocycles. The van der Waals surface area contributed by atoms with Crippen molar-refractivity contribution in [3.8, 4) is 0 Å². The molecule has 0 amide bonds. The van der Waals surface area contributed by atoms with Crippen LogP contribution >= 0.6 is 0 Å². The molecule has 2 nitrogen and oxygen atoms in total. The van der Waals surface area contributed by atoms with E-state index in [-0.39, 0.29) is 11.6 Å². The molecule has 0 N–H and O–H groups in total. The van der Waals surface area contributed by atoms with E-state index in [2.05, 4.69) is 20.8 Å². The van der Waals surface area contributed by atoms with Crippen LogP contribution in [0.4, 0.5) is 0 Å². The van der Waals surface area contributed by atoms with Gasteiger partial charge in [-0.25, -0.2) is 0 Å². The molecule has 0 atom stereocenters. The summed E-state index contributed by atoms with van der Waals surface area (Å²) in [5, 5.41) is 0. The van der Waals surface area contributed by atoms with E-state index in [0.29, 0.717) is 0 Å². The third-order valence-corrected chi connectivity index (χ3v) is 20.1. The Bertz CT molecular complexity index is 399. The summed E-state index contributed by atoms with van der Waals surface area (Å²) in [6.45, 7) is 6.66. The molecular formula is C18H30O2Sn. The van der Waals surface area contributed by atoms with Gasteiger partial charge in [-0.1, -0.05) is 0 Å². The van der Waals surface area contributed by atoms with Gasteiger partial charge in [-0.2, -0.15) is 0 Å². The van der Waals surface area contributed by atoms with E-state index in [0.717, 1.165) is 3.59 Å². The number of carbonyl (C=O) groups is 2. The monoisotopic (exact) mass is 398 g/mol. The molecule has 1 aliphatic rings. The summed E-state index contributed by atoms with van der Waals surface area (Å²) in [4.78, 5) is 24.2. The molecule has 0 aliphatic heterocycles. The number of hydrogen-bond acceptors (Lipinski definition) is 2. The second-order valence-corrected chi connectivity index (χ2v) is 19.4. The summed E-state index contributed by atoms with van der Waals surface area (Å²) < 4.78 is 4.71. The SMILES string of the molecule is CCC[CH2][Sn]([CH2]CCC)([CH2]CCC)[C]1=CC(=O)C=CC1=O. The number of carbonyl (C=O) groups excluding carboxylic acids is 2. The van der Waals surface area contributed by atoms with Crippen LogP contribution in [0.5, 0.6) is 0 Å². The molecule has 0 saturated heterocycles. The van der Waals surface area contributed by atoms with Gasteiger partial charge in [-0.15, -0.1) is 0 Å². The minimum absolute atomic E-state index is 0.0233. The van der Waals surface area contributed by atoms with Gasteiger partial charge < -0.3 is 0 Å². The number of hydrogen-bond donors (Lipinski definition) is 0. The molecule has 0 aromatic carbocycles. The van der Waals surface area contributed by atoms with Gasteiger partial charge in [0.1, 0.15) is 0 Å². The average molecular weight is 397 g/mol. The van der Waals surface area contributed by atoms with Gasteiger partial charge in [-0.3, -0.25) is 0 Å². The van der Waals surface area contributed by atoms with Crippen LogP contribution in [0, 0.1) is 0 Å². The van der Waals surface area contributed by atoms with E-state index in [1.165, 1.54) is 64.0 Å². The van der Waals surface area contributed by atoms with Crippen LogP contribution < -0.4 is 0 Å². The van der Waals surface area contributed by atoms with Crippen molar-refractivity contribution in [1.82, 2.24) is 0 Å². The molecule has 0 bridgehead atoms. The van der Waals surface area contributed by atoms with E-state index < -0.39 is 18.4 Å². The first-order valence-electron chi connectivity index (χ1n) is 8.58. The van der Waals surface area contributed by atoms with Crippen molar-refractivity contribution >= 4 is 29.9 Å². The van der Waals surface area contributed by atoms with Crippen molar-refractivity contribution in [2.24, 2.45) is 0 Å². The van der Waals surface area contributed by atoms with Crippen LogP contribution in [0.15, 0.2) is 21.8 Å². The van der Waals surface area contributed by atoms with Crippen molar-refractivity contribution in [3.63, 3.8) is 0 Å². The van der Waals surface area contributed by atoms with Crippen molar-refractivity contribution in [2.75, 3.05) is 0 Å². The van der Waals surface area contributed by atoms with Crippen molar-refractivity contribution < 1.29 is 9.59 Å². The van der Waals surface area contributed by atoms with Crippen LogP contribution in [-0.2, 0) is 9.59 Å². The van der Waals surface area contributed by atoms with E-state index in [1.807, 2.05) is 0 Å². The zero-order valence-corrected chi connectivity index (χ0v) is 16.8. The van der Waals surface area contributed by atoms with Crippen molar-refractivity contribution in [2.45, 2.75) is 72.6 Å². The fraction of sp³-hybridized carbons (Fsp3) is 0.667. The molecule has 3 heteroatoms. The van der Waals surface area contributed by atoms with Crippen molar-refractivity contribution in [3.05, 3.63) is 21.8 Å². The summed E-state index contributed by atoms with van der Waals surface area (Å²) in [7, 11) is 0. The second-order valence-electron chi connectivity index (χ2n) is 6.25. The predicted molar refractivity (Wildman–Crippen MR) is 92.1 cm³/mol. The van der Waals surface area contributed by atoms with Crippen LogP contribution in [0.25, 0.3) is 0 Å². The van der Waals surface area contributed by atoms with Gasteiger partial charge in [0.2, 0.25) is 0 Å². The van der Waals surface area contributed by atoms with Crippen molar-refractivity contribution in [1.29, 1.82) is 0 Å². The Morgan fingerprint density at radius 1 is 0.810 bits per heavy atom. The summed E-state index contributed by atoms with van der Waals surface area (Å²) in [5.74, 6) is 0.170. The fourth-order valence-corrected chi connectivity index (χ4v) is 19.5. The Balaban J connectivity index is 3.11. The molecule has 0 radical (unpaired) electrons. The van der Waals surface area contributed by atoms with Gasteiger partial charge in [0, 0.05) is 0 Å². The first kappa shape index (κ1) is 18.7. The van der Waals surface area contributed by atoms with Crippen LogP contribution in [0.3, 0.4) is 0 Å². The normalized spacial score (nSPS) is 15.5. The van der Waals surface area contributed by atoms with Crippen LogP contribution in [0.2, 0.25) is 13.3 Å². The zero-order valence-electron chi connectivity index (χ0n) is 13.9. The van der Waals surface area contributed by atoms with Gasteiger partial charge in [0.25, 0.3) is 0 Å². The van der Waals surface area contributed by atoms with E-state index in [9.17, 15) is 9.59 Å². The third kappa shape index (κ3) is 5.39. The topological polar surface area (TPSA) is 34.1 Å². The van der Waals surface area contributed by atoms with Gasteiger partial charge in [-0.05, 0) is 0 Å². The number of ketones is 2. The second kappa shape index (κ2) is 9.60. The molecule has 0 aromatic heterocycles. The van der Waals surface area contributed by atoms with Gasteiger partial charge in [0.15, 0.2) is 0 Å². The number of allylic oxidation sites excluding steroid dienone is 4. The van der Waals surface area contributed by atoms with E-state index in [4.69, 9.17) is 0 Å². The quantitative estimate of drug-likeness (QED) is 0.384. The molecule has 0 spiro atoms. The molecule has 118 valence electrons. The number of rotatable bonds is 10. The fourth-order valence-electron chi connectivity index (χ4n) is 3.25. The maximum absolute atomic E-state index is 12.4. The van der Waals surface area contributed by atoms with Gasteiger partial charge in [0.05, 0.1) is 0 Å². The Labute approximate surface area is 133 Å². The van der Waals surface area contributed by atoms with Gasteiger partial charge >= 0.3 is 134 Å². The van der Waals surface area contributed by atoms with E-state index in [1.54, 1.807) is 6.08 Å². The number of unbranched alkanes of at least 4 members (excludes halogenated alkanes) is 3. The summed E-state index contributed by atoms with van der Waals surface area (Å²) >= 11 is -2.71. The molecule has 1 rings (SSSR count). The Hall–Kier alpha value is -0.381. The van der Waals surface area contributed by atoms with E-state index >= 15 is 0 Å². The Morgan fingerprint density at radius 3 is 1.71 bits per heavy atom. The first-order valence-corrected chi connectivity index (χ1v) is 16.1. The Morgan fingerprint density at radius 2 is 1.29 bits per heavy atom. The molecular weight excluding hydrogens is 367 g/mol. The minimum atomic E-state index is -2.71. The van der Waals surface area contributed by atoms with Crippen LogP contribution in [-0.4, -0.2) is 29.9 Å².